The van der Waals surface area contributed by atoms with E-state index in [0.717, 1.165) is 54.4 Å². The Morgan fingerprint density at radius 2 is 1.00 bits per heavy atom. The summed E-state index contributed by atoms with van der Waals surface area (Å²) in [6, 6.07) is 51.9. The molecule has 5 heterocycles. The average Bonchev–Trinajstić information content (AvgIpc) is 3.86. The molecule has 5 aromatic heterocycles. The van der Waals surface area contributed by atoms with Crippen LogP contribution in [0.4, 0.5) is 0 Å². The molecule has 0 unspecified atom stereocenters. The fourth-order valence-electron chi connectivity index (χ4n) is 7.88. The van der Waals surface area contributed by atoms with E-state index in [1.807, 2.05) is 12.4 Å². The molecule has 11 rings (SSSR count). The first-order valence-corrected chi connectivity index (χ1v) is 18.6. The number of para-hydroxylation sites is 4. The van der Waals surface area contributed by atoms with E-state index in [-0.39, 0.29) is 14.5 Å². The molecule has 0 spiro atoms. The molecule has 238 valence electrons. The van der Waals surface area contributed by atoms with Crippen LogP contribution in [0, 0.1) is 0 Å². The van der Waals surface area contributed by atoms with Gasteiger partial charge in [0.2, 0.25) is 0 Å². The molecule has 0 aliphatic carbocycles. The van der Waals surface area contributed by atoms with Crippen LogP contribution in [0.2, 0.25) is 0 Å². The Balaban J connectivity index is 1.15. The second-order valence-corrected chi connectivity index (χ2v) is 15.0. The zero-order valence-corrected chi connectivity index (χ0v) is 28.8. The van der Waals surface area contributed by atoms with E-state index in [2.05, 4.69) is 165 Å². The van der Waals surface area contributed by atoms with Crippen molar-refractivity contribution < 1.29 is 0 Å². The van der Waals surface area contributed by atoms with Gasteiger partial charge in [-0.2, -0.15) is 0 Å². The van der Waals surface area contributed by atoms with Gasteiger partial charge in [-0.15, -0.1) is 0 Å². The van der Waals surface area contributed by atoms with Gasteiger partial charge in [0.15, 0.2) is 0 Å². The molecule has 0 bridgehead atoms. The van der Waals surface area contributed by atoms with E-state index in [0.29, 0.717) is 0 Å². The maximum absolute atomic E-state index is 4.76. The van der Waals surface area contributed by atoms with Crippen molar-refractivity contribution in [3.63, 3.8) is 0 Å². The number of fused-ring (bicyclic) bond motifs is 9. The van der Waals surface area contributed by atoms with Crippen LogP contribution in [0.25, 0.3) is 96.8 Å². The summed E-state index contributed by atoms with van der Waals surface area (Å²) in [6.07, 6.45) is 4.00. The number of benzene rings is 6. The topological polar surface area (TPSA) is 61.4 Å². The molecule has 6 aromatic carbocycles. The van der Waals surface area contributed by atoms with Crippen LogP contribution in [0.3, 0.4) is 0 Å². The van der Waals surface area contributed by atoms with Crippen molar-refractivity contribution in [1.29, 1.82) is 0 Å². The second kappa shape index (κ2) is 11.1. The third kappa shape index (κ3) is 4.23. The Morgan fingerprint density at radius 1 is 0.451 bits per heavy atom. The second-order valence-electron chi connectivity index (χ2n) is 12.8. The molecule has 0 atom stereocenters. The van der Waals surface area contributed by atoms with E-state index < -0.39 is 0 Å². The first-order chi connectivity index (χ1) is 25.3. The van der Waals surface area contributed by atoms with E-state index in [4.69, 9.17) is 10.1 Å². The van der Waals surface area contributed by atoms with Gasteiger partial charge in [-0.25, -0.2) is 0 Å². The normalized spacial score (nSPS) is 11.9. The fourth-order valence-corrected chi connectivity index (χ4v) is 10.0. The molecular weight excluding hydrogens is 691 g/mol. The van der Waals surface area contributed by atoms with Crippen molar-refractivity contribution in [3.05, 3.63) is 158 Å². The first kappa shape index (κ1) is 28.4. The van der Waals surface area contributed by atoms with Gasteiger partial charge in [-0.3, -0.25) is 0 Å². The van der Waals surface area contributed by atoms with Crippen LogP contribution in [0.1, 0.15) is 0 Å². The number of rotatable bonds is 4. The Hall–Kier alpha value is -6.40. The van der Waals surface area contributed by atoms with Gasteiger partial charge >= 0.3 is 299 Å². The quantitative estimate of drug-likeness (QED) is 0.170. The Morgan fingerprint density at radius 3 is 1.65 bits per heavy atom. The van der Waals surface area contributed by atoms with Crippen molar-refractivity contribution in [2.24, 2.45) is 0 Å². The molecule has 11 aromatic rings. The average molecular weight is 718 g/mol. The number of nitrogens with zero attached hydrogens (tertiary/aromatic N) is 6. The molecule has 6 nitrogen and oxygen atoms in total. The summed E-state index contributed by atoms with van der Waals surface area (Å²) >= 11 is -0.0424. The third-order valence-electron chi connectivity index (χ3n) is 10.1. The number of hydrogen-bond acceptors (Lipinski definition) is 4. The zero-order chi connectivity index (χ0) is 33.5. The van der Waals surface area contributed by atoms with Gasteiger partial charge in [0, 0.05) is 0 Å². The third-order valence-corrected chi connectivity index (χ3v) is 12.2. The summed E-state index contributed by atoms with van der Waals surface area (Å²) in [5.41, 5.74) is 11.1. The van der Waals surface area contributed by atoms with Crippen LogP contribution in [-0.4, -0.2) is 44.0 Å². The van der Waals surface area contributed by atoms with Gasteiger partial charge in [0.1, 0.15) is 0 Å². The summed E-state index contributed by atoms with van der Waals surface area (Å²) in [7, 11) is 0. The van der Waals surface area contributed by atoms with Crippen molar-refractivity contribution in [2.75, 3.05) is 0 Å². The van der Waals surface area contributed by atoms with E-state index >= 15 is 0 Å². The summed E-state index contributed by atoms with van der Waals surface area (Å²) in [6.45, 7) is 0. The molecule has 0 saturated carbocycles. The molecule has 0 N–H and O–H groups in total. The summed E-state index contributed by atoms with van der Waals surface area (Å²) < 4.78 is 6.88. The number of hydrogen-bond donors (Lipinski definition) is 0. The standard InChI is InChI=1S/C44H26N6Se/c1-3-11-29(12-4-1)49-36-17-9-7-15-31(36)33-23-27(19-21-38(33)49)35-25-45-26-40-41(35)42-43(46-48-47-44(42)51-40)28-20-22-39-34(24-28)32-16-8-10-18-37(32)50(39)30-13-5-2-6-14-30/h1-26H. The molecule has 0 aliphatic heterocycles. The molecule has 0 amide bonds. The predicted molar refractivity (Wildman–Crippen MR) is 209 cm³/mol. The van der Waals surface area contributed by atoms with Gasteiger partial charge in [0.25, 0.3) is 0 Å². The van der Waals surface area contributed by atoms with Crippen LogP contribution in [0.5, 0.6) is 0 Å². The molecule has 0 fully saturated rings. The van der Waals surface area contributed by atoms with Gasteiger partial charge in [-0.1, -0.05) is 0 Å². The Kier molecular flexibility index (Phi) is 6.16. The first-order valence-electron chi connectivity index (χ1n) is 16.9. The fraction of sp³-hybridized carbons (Fsp3) is 0. The summed E-state index contributed by atoms with van der Waals surface area (Å²) in [5.74, 6) is 0. The Labute approximate surface area is 297 Å². The predicted octanol–water partition coefficient (Wildman–Crippen LogP) is 10.2. The molecule has 0 aliphatic rings. The van der Waals surface area contributed by atoms with Gasteiger partial charge < -0.3 is 0 Å². The molecular formula is C44H26N6Se. The molecule has 51 heavy (non-hydrogen) atoms. The number of pyridine rings is 1. The van der Waals surface area contributed by atoms with Gasteiger partial charge in [-0.05, 0) is 0 Å². The number of aromatic nitrogens is 6. The Bertz CT molecular complexity index is 2930. The van der Waals surface area contributed by atoms with Crippen molar-refractivity contribution in [2.45, 2.75) is 0 Å². The summed E-state index contributed by atoms with van der Waals surface area (Å²) in [4.78, 5) is 4.76. The van der Waals surface area contributed by atoms with E-state index in [1.54, 1.807) is 0 Å². The van der Waals surface area contributed by atoms with Crippen molar-refractivity contribution in [1.82, 2.24) is 29.5 Å². The molecule has 0 radical (unpaired) electrons. The van der Waals surface area contributed by atoms with Crippen molar-refractivity contribution >= 4 is 77.5 Å². The van der Waals surface area contributed by atoms with Crippen LogP contribution < -0.4 is 0 Å². The SMILES string of the molecule is c1ccc(-n2c3ccccc3c3cc(-c4cncc5[se]c6nnnc(-c7ccc8c(c7)c7ccccc7n8-c7ccccc7)c6c45)ccc32)cc1. The van der Waals surface area contributed by atoms with Crippen LogP contribution in [0.15, 0.2) is 158 Å². The van der Waals surface area contributed by atoms with E-state index in [1.165, 1.54) is 42.4 Å². The van der Waals surface area contributed by atoms with Crippen LogP contribution >= 0.6 is 0 Å². The molecule has 0 saturated heterocycles. The van der Waals surface area contributed by atoms with E-state index in [9.17, 15) is 0 Å². The molecule has 7 heteroatoms. The minimum atomic E-state index is -0.0424. The maximum atomic E-state index is 4.76. The van der Waals surface area contributed by atoms with Crippen molar-refractivity contribution in [3.8, 4) is 33.8 Å². The summed E-state index contributed by atoms with van der Waals surface area (Å²) in [5, 5.41) is 20.7. The van der Waals surface area contributed by atoms with Gasteiger partial charge in [0.05, 0.1) is 0 Å². The zero-order valence-electron chi connectivity index (χ0n) is 27.1. The monoisotopic (exact) mass is 718 g/mol. The van der Waals surface area contributed by atoms with Crippen LogP contribution in [-0.2, 0) is 0 Å². The minimum absolute atomic E-state index is 0.0424.